The van der Waals surface area contributed by atoms with Crippen LogP contribution in [0.4, 0.5) is 0 Å². The molecule has 1 aliphatic rings. The zero-order chi connectivity index (χ0) is 15.5. The highest BCUT2D eigenvalue weighted by molar-refractivity contribution is 7.89. The number of aliphatic hydroxyl groups excluding tert-OH is 1. The minimum atomic E-state index is -3.55. The van der Waals surface area contributed by atoms with Crippen LogP contribution in [0.3, 0.4) is 0 Å². The lowest BCUT2D eigenvalue weighted by molar-refractivity contribution is 0.0264. The van der Waals surface area contributed by atoms with Crippen LogP contribution in [-0.4, -0.2) is 33.3 Å². The maximum atomic E-state index is 12.4. The van der Waals surface area contributed by atoms with Crippen LogP contribution >= 0.6 is 0 Å². The molecular weight excluding hydrogens is 290 g/mol. The van der Waals surface area contributed by atoms with Gasteiger partial charge in [-0.2, -0.15) is 0 Å². The lowest BCUT2D eigenvalue weighted by Gasteiger charge is -2.33. The van der Waals surface area contributed by atoms with Crippen LogP contribution in [0, 0.1) is 12.3 Å². The standard InChI is InChI=1S/C15H23NO4S/c1-12-3-4-14(9-13(12)10-17)21(18,19)16-11-15(2)5-7-20-8-6-15/h3-4,9,16-17H,5-8,10-11H2,1-2H3. The molecule has 0 atom stereocenters. The maximum Gasteiger partial charge on any atom is 0.240 e. The Labute approximate surface area is 126 Å². The molecule has 1 aromatic rings. The van der Waals surface area contributed by atoms with Crippen LogP contribution in [0.1, 0.15) is 30.9 Å². The summed E-state index contributed by atoms with van der Waals surface area (Å²) in [7, 11) is -3.55. The molecule has 2 N–H and O–H groups in total. The average molecular weight is 313 g/mol. The Kier molecular flexibility index (Phi) is 5.03. The van der Waals surface area contributed by atoms with Gasteiger partial charge in [0.25, 0.3) is 0 Å². The molecule has 2 rings (SSSR count). The summed E-state index contributed by atoms with van der Waals surface area (Å²) in [5.41, 5.74) is 1.46. The lowest BCUT2D eigenvalue weighted by Crippen LogP contribution is -2.39. The Morgan fingerprint density at radius 3 is 2.62 bits per heavy atom. The van der Waals surface area contributed by atoms with Gasteiger partial charge in [-0.25, -0.2) is 13.1 Å². The van der Waals surface area contributed by atoms with E-state index in [0.717, 1.165) is 18.4 Å². The second-order valence-corrected chi connectivity index (χ2v) is 7.76. The molecule has 6 heteroatoms. The van der Waals surface area contributed by atoms with Crippen LogP contribution in [0.2, 0.25) is 0 Å². The summed E-state index contributed by atoms with van der Waals surface area (Å²) in [5.74, 6) is 0. The number of aryl methyl sites for hydroxylation is 1. The van der Waals surface area contributed by atoms with E-state index in [9.17, 15) is 13.5 Å². The lowest BCUT2D eigenvalue weighted by atomic mass is 9.83. The van der Waals surface area contributed by atoms with Gasteiger partial charge in [-0.15, -0.1) is 0 Å². The van der Waals surface area contributed by atoms with Crippen molar-refractivity contribution in [3.8, 4) is 0 Å². The summed E-state index contributed by atoms with van der Waals surface area (Å²) < 4.78 is 32.8. The minimum absolute atomic E-state index is 0.0597. The SMILES string of the molecule is Cc1ccc(S(=O)(=O)NCC2(C)CCOCC2)cc1CO. The Hall–Kier alpha value is -0.950. The smallest absolute Gasteiger partial charge is 0.240 e. The first-order valence-corrected chi connectivity index (χ1v) is 8.62. The summed E-state index contributed by atoms with van der Waals surface area (Å²) in [4.78, 5) is 0.202. The van der Waals surface area contributed by atoms with E-state index in [1.807, 2.05) is 6.92 Å². The number of rotatable bonds is 5. The molecule has 118 valence electrons. The van der Waals surface area contributed by atoms with Crippen LogP contribution in [0.25, 0.3) is 0 Å². The molecule has 0 aliphatic carbocycles. The summed E-state index contributed by atoms with van der Waals surface area (Å²) in [6.07, 6.45) is 1.70. The number of sulfonamides is 1. The molecule has 1 aliphatic heterocycles. The first kappa shape index (κ1) is 16.4. The monoisotopic (exact) mass is 313 g/mol. The predicted molar refractivity (Wildman–Crippen MR) is 80.5 cm³/mol. The van der Waals surface area contributed by atoms with Crippen molar-refractivity contribution in [2.45, 2.75) is 38.2 Å². The van der Waals surface area contributed by atoms with Crippen LogP contribution < -0.4 is 4.72 Å². The number of benzene rings is 1. The van der Waals surface area contributed by atoms with E-state index < -0.39 is 10.0 Å². The van der Waals surface area contributed by atoms with E-state index in [4.69, 9.17) is 4.74 Å². The van der Waals surface area contributed by atoms with Gasteiger partial charge in [0.15, 0.2) is 0 Å². The van der Waals surface area contributed by atoms with E-state index in [-0.39, 0.29) is 16.9 Å². The Morgan fingerprint density at radius 2 is 2.00 bits per heavy atom. The molecule has 0 bridgehead atoms. The fourth-order valence-electron chi connectivity index (χ4n) is 2.38. The van der Waals surface area contributed by atoms with Gasteiger partial charge in [-0.3, -0.25) is 0 Å². The van der Waals surface area contributed by atoms with Crippen LogP contribution in [-0.2, 0) is 21.4 Å². The van der Waals surface area contributed by atoms with E-state index in [1.54, 1.807) is 12.1 Å². The number of hydrogen-bond donors (Lipinski definition) is 2. The Morgan fingerprint density at radius 1 is 1.33 bits per heavy atom. The maximum absolute atomic E-state index is 12.4. The molecule has 0 radical (unpaired) electrons. The zero-order valence-corrected chi connectivity index (χ0v) is 13.4. The van der Waals surface area contributed by atoms with Crippen molar-refractivity contribution in [1.82, 2.24) is 4.72 Å². The molecule has 0 unspecified atom stereocenters. The van der Waals surface area contributed by atoms with Gasteiger partial charge in [-0.1, -0.05) is 13.0 Å². The molecule has 5 nitrogen and oxygen atoms in total. The van der Waals surface area contributed by atoms with Crippen molar-refractivity contribution >= 4 is 10.0 Å². The Bertz CT molecular complexity index is 592. The molecular formula is C15H23NO4S. The molecule has 0 aromatic heterocycles. The molecule has 0 spiro atoms. The van der Waals surface area contributed by atoms with Crippen molar-refractivity contribution in [3.63, 3.8) is 0 Å². The van der Waals surface area contributed by atoms with Crippen molar-refractivity contribution in [2.75, 3.05) is 19.8 Å². The second kappa shape index (κ2) is 6.44. The topological polar surface area (TPSA) is 75.6 Å². The van der Waals surface area contributed by atoms with Gasteiger partial charge in [0.05, 0.1) is 11.5 Å². The summed E-state index contributed by atoms with van der Waals surface area (Å²) in [6, 6.07) is 4.82. The molecule has 0 saturated carbocycles. The fourth-order valence-corrected chi connectivity index (χ4v) is 3.63. The highest BCUT2D eigenvalue weighted by atomic mass is 32.2. The normalized spacial score (nSPS) is 18.6. The molecule has 0 amide bonds. The second-order valence-electron chi connectivity index (χ2n) is 5.99. The summed E-state index contributed by atoms with van der Waals surface area (Å²) >= 11 is 0. The summed E-state index contributed by atoms with van der Waals surface area (Å²) in [5, 5.41) is 9.25. The predicted octanol–water partition coefficient (Wildman–Crippen LogP) is 1.58. The van der Waals surface area contributed by atoms with Crippen LogP contribution in [0.15, 0.2) is 23.1 Å². The van der Waals surface area contributed by atoms with E-state index in [2.05, 4.69) is 11.6 Å². The number of ether oxygens (including phenoxy) is 1. The van der Waals surface area contributed by atoms with Gasteiger partial charge < -0.3 is 9.84 Å². The Balaban J connectivity index is 2.11. The first-order chi connectivity index (χ1) is 9.86. The highest BCUT2D eigenvalue weighted by Crippen LogP contribution is 2.29. The van der Waals surface area contributed by atoms with Gasteiger partial charge >= 0.3 is 0 Å². The van der Waals surface area contributed by atoms with E-state index in [1.165, 1.54) is 6.07 Å². The fraction of sp³-hybridized carbons (Fsp3) is 0.600. The molecule has 1 saturated heterocycles. The highest BCUT2D eigenvalue weighted by Gasteiger charge is 2.29. The van der Waals surface area contributed by atoms with Crippen molar-refractivity contribution in [2.24, 2.45) is 5.41 Å². The largest absolute Gasteiger partial charge is 0.392 e. The van der Waals surface area contributed by atoms with Crippen LogP contribution in [0.5, 0.6) is 0 Å². The van der Waals surface area contributed by atoms with Crippen molar-refractivity contribution < 1.29 is 18.3 Å². The molecule has 1 heterocycles. The number of hydrogen-bond acceptors (Lipinski definition) is 4. The zero-order valence-electron chi connectivity index (χ0n) is 12.6. The average Bonchev–Trinajstić information content (AvgIpc) is 2.46. The summed E-state index contributed by atoms with van der Waals surface area (Å²) in [6.45, 7) is 5.52. The van der Waals surface area contributed by atoms with Gasteiger partial charge in [0, 0.05) is 19.8 Å². The number of nitrogens with one attached hydrogen (secondary N) is 1. The molecule has 1 fully saturated rings. The van der Waals surface area contributed by atoms with Gasteiger partial charge in [-0.05, 0) is 48.4 Å². The number of aliphatic hydroxyl groups is 1. The molecule has 1 aromatic carbocycles. The third-order valence-corrected chi connectivity index (χ3v) is 5.59. The van der Waals surface area contributed by atoms with Gasteiger partial charge in [0.1, 0.15) is 0 Å². The van der Waals surface area contributed by atoms with E-state index >= 15 is 0 Å². The van der Waals surface area contributed by atoms with Crippen molar-refractivity contribution in [1.29, 1.82) is 0 Å². The first-order valence-electron chi connectivity index (χ1n) is 7.14. The van der Waals surface area contributed by atoms with Gasteiger partial charge in [0.2, 0.25) is 10.0 Å². The molecule has 21 heavy (non-hydrogen) atoms. The van der Waals surface area contributed by atoms with Crippen molar-refractivity contribution in [3.05, 3.63) is 29.3 Å². The third-order valence-electron chi connectivity index (χ3n) is 4.19. The minimum Gasteiger partial charge on any atom is -0.392 e. The van der Waals surface area contributed by atoms with E-state index in [0.29, 0.717) is 25.3 Å². The quantitative estimate of drug-likeness (QED) is 0.865. The third kappa shape index (κ3) is 4.03.